The number of nitrogens with zero attached hydrogens (tertiary/aromatic N) is 1. The molecule has 0 spiro atoms. The Morgan fingerprint density at radius 2 is 1.60 bits per heavy atom. The summed E-state index contributed by atoms with van der Waals surface area (Å²) in [6.45, 7) is 3.19. The van der Waals surface area contributed by atoms with Crippen LogP contribution in [-0.2, 0) is 10.4 Å². The molecular formula is C23H27Cl2N3O2. The van der Waals surface area contributed by atoms with Gasteiger partial charge in [0.15, 0.2) is 0 Å². The van der Waals surface area contributed by atoms with E-state index in [1.165, 1.54) is 0 Å². The predicted molar refractivity (Wildman–Crippen MR) is 119 cm³/mol. The second kappa shape index (κ2) is 8.85. The Balaban J connectivity index is 1.39. The maximum Gasteiger partial charge on any atom is 0.222 e. The third kappa shape index (κ3) is 4.51. The molecule has 3 unspecified atom stereocenters. The highest BCUT2D eigenvalue weighted by Crippen LogP contribution is 2.36. The van der Waals surface area contributed by atoms with Crippen molar-refractivity contribution in [2.24, 2.45) is 5.92 Å². The number of likely N-dealkylation sites (tertiary alicyclic amines) is 1. The summed E-state index contributed by atoms with van der Waals surface area (Å²) >= 11 is 12.0. The number of carbonyl (C=O) groups excluding carboxylic acids is 1. The summed E-state index contributed by atoms with van der Waals surface area (Å²) in [5.41, 5.74) is 7.67. The number of carbonyl (C=O) groups is 1. The van der Waals surface area contributed by atoms with Gasteiger partial charge in [0.05, 0.1) is 11.6 Å². The zero-order chi connectivity index (χ0) is 21.3. The minimum atomic E-state index is -0.906. The van der Waals surface area contributed by atoms with Gasteiger partial charge in [-0.15, -0.1) is 0 Å². The van der Waals surface area contributed by atoms with E-state index in [9.17, 15) is 9.90 Å². The third-order valence-electron chi connectivity index (χ3n) is 6.50. The summed E-state index contributed by atoms with van der Waals surface area (Å²) in [5.74, 6) is 0.269. The number of aliphatic hydroxyl groups is 1. The molecular weight excluding hydrogens is 421 g/mol. The van der Waals surface area contributed by atoms with E-state index in [1.807, 2.05) is 41.3 Å². The summed E-state index contributed by atoms with van der Waals surface area (Å²) in [6.07, 6.45) is 1.50. The van der Waals surface area contributed by atoms with Gasteiger partial charge < -0.3 is 10.0 Å². The molecule has 2 heterocycles. The van der Waals surface area contributed by atoms with E-state index in [2.05, 4.69) is 17.8 Å². The number of hydrazine groups is 1. The van der Waals surface area contributed by atoms with E-state index in [1.54, 1.807) is 12.1 Å². The molecule has 0 saturated carbocycles. The molecule has 2 saturated heterocycles. The molecule has 1 amide bonds. The monoisotopic (exact) mass is 447 g/mol. The molecule has 0 aromatic heterocycles. The highest BCUT2D eigenvalue weighted by molar-refractivity contribution is 6.30. The lowest BCUT2D eigenvalue weighted by atomic mass is 9.83. The van der Waals surface area contributed by atoms with Crippen molar-refractivity contribution in [1.29, 1.82) is 0 Å². The smallest absolute Gasteiger partial charge is 0.222 e. The van der Waals surface area contributed by atoms with Gasteiger partial charge >= 0.3 is 0 Å². The molecule has 2 aromatic carbocycles. The molecule has 30 heavy (non-hydrogen) atoms. The number of benzene rings is 2. The first-order chi connectivity index (χ1) is 14.4. The van der Waals surface area contributed by atoms with Crippen molar-refractivity contribution in [3.8, 4) is 0 Å². The number of rotatable bonds is 4. The number of nitrogens with one attached hydrogen (secondary N) is 2. The van der Waals surface area contributed by atoms with Crippen LogP contribution in [0.4, 0.5) is 0 Å². The standard InChI is InChI=1S/C23H27Cl2N3O2/c1-15-20(22(27-26-15)16-2-6-18(24)7-3-16)14-21(29)28-12-10-23(30,11-13-28)17-4-8-19(25)9-5-17/h2-9,15,20,22,26-27,30H,10-14H2,1H3. The van der Waals surface area contributed by atoms with Crippen LogP contribution in [0, 0.1) is 5.92 Å². The van der Waals surface area contributed by atoms with E-state index in [0.717, 1.165) is 11.1 Å². The normalized spacial score (nSPS) is 26.0. The van der Waals surface area contributed by atoms with Crippen LogP contribution in [-0.4, -0.2) is 35.0 Å². The van der Waals surface area contributed by atoms with Crippen molar-refractivity contribution in [2.75, 3.05) is 13.1 Å². The first kappa shape index (κ1) is 21.6. The molecule has 0 radical (unpaired) electrons. The summed E-state index contributed by atoms with van der Waals surface area (Å²) in [7, 11) is 0. The SMILES string of the molecule is CC1NNC(c2ccc(Cl)cc2)C1CC(=O)N1CCC(O)(c2ccc(Cl)cc2)CC1. The van der Waals surface area contributed by atoms with E-state index >= 15 is 0 Å². The highest BCUT2D eigenvalue weighted by Gasteiger charge is 2.39. The Morgan fingerprint density at radius 3 is 2.20 bits per heavy atom. The number of amides is 1. The van der Waals surface area contributed by atoms with E-state index < -0.39 is 5.60 Å². The minimum Gasteiger partial charge on any atom is -0.385 e. The van der Waals surface area contributed by atoms with E-state index in [4.69, 9.17) is 23.2 Å². The molecule has 2 fully saturated rings. The molecule has 3 N–H and O–H groups in total. The zero-order valence-electron chi connectivity index (χ0n) is 16.9. The fourth-order valence-corrected chi connectivity index (χ4v) is 4.78. The molecule has 2 aromatic rings. The number of hydrogen-bond acceptors (Lipinski definition) is 4. The second-order valence-corrected chi connectivity index (χ2v) is 9.27. The fourth-order valence-electron chi connectivity index (χ4n) is 4.52. The van der Waals surface area contributed by atoms with Gasteiger partial charge in [0.25, 0.3) is 0 Å². The van der Waals surface area contributed by atoms with Gasteiger partial charge in [-0.05, 0) is 55.2 Å². The molecule has 7 heteroatoms. The van der Waals surface area contributed by atoms with Crippen LogP contribution in [0.15, 0.2) is 48.5 Å². The lowest BCUT2D eigenvalue weighted by Crippen LogP contribution is -2.46. The highest BCUT2D eigenvalue weighted by atomic mass is 35.5. The maximum atomic E-state index is 13.1. The largest absolute Gasteiger partial charge is 0.385 e. The van der Waals surface area contributed by atoms with Crippen molar-refractivity contribution in [1.82, 2.24) is 15.8 Å². The fraction of sp³-hybridized carbons (Fsp3) is 0.435. The second-order valence-electron chi connectivity index (χ2n) is 8.39. The van der Waals surface area contributed by atoms with Crippen molar-refractivity contribution in [3.05, 3.63) is 69.7 Å². The summed E-state index contributed by atoms with van der Waals surface area (Å²) in [5, 5.41) is 12.4. The topological polar surface area (TPSA) is 64.6 Å². The summed E-state index contributed by atoms with van der Waals surface area (Å²) in [6, 6.07) is 15.3. The van der Waals surface area contributed by atoms with Crippen molar-refractivity contribution in [2.45, 2.75) is 43.9 Å². The van der Waals surface area contributed by atoms with Crippen LogP contribution in [0.1, 0.15) is 43.4 Å². The van der Waals surface area contributed by atoms with Crippen LogP contribution in [0.5, 0.6) is 0 Å². The molecule has 0 aliphatic carbocycles. The molecule has 2 aliphatic rings. The summed E-state index contributed by atoms with van der Waals surface area (Å²) < 4.78 is 0. The van der Waals surface area contributed by atoms with Gasteiger partial charge in [0, 0.05) is 41.5 Å². The van der Waals surface area contributed by atoms with Gasteiger partial charge in [0.1, 0.15) is 0 Å². The maximum absolute atomic E-state index is 13.1. The van der Waals surface area contributed by atoms with Crippen LogP contribution in [0.3, 0.4) is 0 Å². The number of piperidine rings is 1. The molecule has 4 rings (SSSR count). The number of halogens is 2. The minimum absolute atomic E-state index is 0.0528. The van der Waals surface area contributed by atoms with Crippen LogP contribution < -0.4 is 10.9 Å². The summed E-state index contributed by atoms with van der Waals surface area (Å²) in [4.78, 5) is 15.0. The average Bonchev–Trinajstić information content (AvgIpc) is 3.10. The Morgan fingerprint density at radius 1 is 1.03 bits per heavy atom. The van der Waals surface area contributed by atoms with Gasteiger partial charge in [-0.1, -0.05) is 47.5 Å². The third-order valence-corrected chi connectivity index (χ3v) is 7.01. The first-order valence-corrected chi connectivity index (χ1v) is 11.1. The van der Waals surface area contributed by atoms with Crippen molar-refractivity contribution >= 4 is 29.1 Å². The predicted octanol–water partition coefficient (Wildman–Crippen LogP) is 4.05. The Hall–Kier alpha value is -1.63. The Bertz CT molecular complexity index is 880. The Labute approximate surface area is 187 Å². The van der Waals surface area contributed by atoms with E-state index in [0.29, 0.717) is 42.4 Å². The van der Waals surface area contributed by atoms with Gasteiger partial charge in [0.2, 0.25) is 5.91 Å². The van der Waals surface area contributed by atoms with Gasteiger partial charge in [-0.3, -0.25) is 10.2 Å². The quantitative estimate of drug-likeness (QED) is 0.661. The lowest BCUT2D eigenvalue weighted by molar-refractivity contribution is -0.137. The van der Waals surface area contributed by atoms with Gasteiger partial charge in [-0.25, -0.2) is 5.43 Å². The molecule has 160 valence electrons. The number of hydrogen-bond donors (Lipinski definition) is 3. The molecule has 0 bridgehead atoms. The molecule has 3 atom stereocenters. The molecule has 5 nitrogen and oxygen atoms in total. The van der Waals surface area contributed by atoms with Crippen molar-refractivity contribution < 1.29 is 9.90 Å². The van der Waals surface area contributed by atoms with Crippen LogP contribution >= 0.6 is 23.2 Å². The average molecular weight is 448 g/mol. The van der Waals surface area contributed by atoms with Crippen LogP contribution in [0.2, 0.25) is 10.0 Å². The molecule has 2 aliphatic heterocycles. The van der Waals surface area contributed by atoms with Gasteiger partial charge in [-0.2, -0.15) is 0 Å². The first-order valence-electron chi connectivity index (χ1n) is 10.4. The Kier molecular flexibility index (Phi) is 6.37. The zero-order valence-corrected chi connectivity index (χ0v) is 18.5. The lowest BCUT2D eigenvalue weighted by Gasteiger charge is -2.39. The van der Waals surface area contributed by atoms with Crippen LogP contribution in [0.25, 0.3) is 0 Å². The van der Waals surface area contributed by atoms with E-state index in [-0.39, 0.29) is 23.9 Å². The van der Waals surface area contributed by atoms with Crippen molar-refractivity contribution in [3.63, 3.8) is 0 Å².